The van der Waals surface area contributed by atoms with Crippen molar-refractivity contribution in [2.45, 2.75) is 38.1 Å². The van der Waals surface area contributed by atoms with Gasteiger partial charge in [-0.2, -0.15) is 0 Å². The fourth-order valence-electron chi connectivity index (χ4n) is 2.36. The molecule has 14 heavy (non-hydrogen) atoms. The van der Waals surface area contributed by atoms with Crippen molar-refractivity contribution < 1.29 is 9.59 Å². The molecule has 2 amide bonds. The van der Waals surface area contributed by atoms with E-state index in [1.54, 1.807) is 0 Å². The van der Waals surface area contributed by atoms with E-state index in [2.05, 4.69) is 0 Å². The Morgan fingerprint density at radius 3 is 2.36 bits per heavy atom. The quantitative estimate of drug-likeness (QED) is 0.644. The smallest absolute Gasteiger partial charge is 0.229 e. The van der Waals surface area contributed by atoms with E-state index in [1.165, 1.54) is 4.90 Å². The van der Waals surface area contributed by atoms with E-state index in [-0.39, 0.29) is 17.9 Å². The lowest BCUT2D eigenvalue weighted by Crippen LogP contribution is -2.33. The molecule has 2 fully saturated rings. The van der Waals surface area contributed by atoms with Crippen LogP contribution in [-0.4, -0.2) is 29.3 Å². The molecule has 2 N–H and O–H groups in total. The molecule has 1 saturated heterocycles. The number of nitrogens with two attached hydrogens (primary N) is 1. The molecule has 1 aliphatic carbocycles. The number of hydrogen-bond acceptors (Lipinski definition) is 3. The monoisotopic (exact) mass is 196 g/mol. The van der Waals surface area contributed by atoms with Gasteiger partial charge in [-0.3, -0.25) is 14.5 Å². The Kier molecular flexibility index (Phi) is 2.54. The van der Waals surface area contributed by atoms with Crippen LogP contribution in [0.5, 0.6) is 0 Å². The average Bonchev–Trinajstić information content (AvgIpc) is 2.67. The Morgan fingerprint density at radius 2 is 1.86 bits per heavy atom. The van der Waals surface area contributed by atoms with Crippen LogP contribution in [0, 0.1) is 5.92 Å². The molecule has 2 aliphatic rings. The average molecular weight is 196 g/mol. The molecule has 2 unspecified atom stereocenters. The summed E-state index contributed by atoms with van der Waals surface area (Å²) < 4.78 is 0. The van der Waals surface area contributed by atoms with Gasteiger partial charge in [0.05, 0.1) is 0 Å². The van der Waals surface area contributed by atoms with Gasteiger partial charge in [0.2, 0.25) is 11.8 Å². The number of amides is 2. The van der Waals surface area contributed by atoms with E-state index in [1.807, 2.05) is 0 Å². The largest absolute Gasteiger partial charge is 0.328 e. The lowest BCUT2D eigenvalue weighted by Gasteiger charge is -2.18. The molecule has 1 heterocycles. The SMILES string of the molecule is NC1CCC(CN2C(=O)CCC2=O)C1. The topological polar surface area (TPSA) is 63.4 Å². The highest BCUT2D eigenvalue weighted by molar-refractivity contribution is 6.01. The van der Waals surface area contributed by atoms with Crippen LogP contribution in [0.1, 0.15) is 32.1 Å². The highest BCUT2D eigenvalue weighted by Gasteiger charge is 2.32. The number of nitrogens with zero attached hydrogens (tertiary/aromatic N) is 1. The van der Waals surface area contributed by atoms with Gasteiger partial charge >= 0.3 is 0 Å². The van der Waals surface area contributed by atoms with E-state index < -0.39 is 0 Å². The van der Waals surface area contributed by atoms with Gasteiger partial charge in [-0.05, 0) is 25.2 Å². The number of rotatable bonds is 2. The van der Waals surface area contributed by atoms with Crippen LogP contribution in [0.4, 0.5) is 0 Å². The van der Waals surface area contributed by atoms with E-state index in [9.17, 15) is 9.59 Å². The molecule has 0 radical (unpaired) electrons. The van der Waals surface area contributed by atoms with E-state index in [0.29, 0.717) is 25.3 Å². The van der Waals surface area contributed by atoms with Gasteiger partial charge in [0.25, 0.3) is 0 Å². The first-order valence-electron chi connectivity index (χ1n) is 5.25. The Balaban J connectivity index is 1.90. The molecule has 4 heteroatoms. The van der Waals surface area contributed by atoms with E-state index in [4.69, 9.17) is 5.73 Å². The maximum absolute atomic E-state index is 11.3. The third kappa shape index (κ3) is 1.80. The van der Waals surface area contributed by atoms with Crippen LogP contribution in [0.25, 0.3) is 0 Å². The van der Waals surface area contributed by atoms with Crippen molar-refractivity contribution in [3.8, 4) is 0 Å². The Morgan fingerprint density at radius 1 is 1.21 bits per heavy atom. The second kappa shape index (κ2) is 3.69. The molecule has 4 nitrogen and oxygen atoms in total. The van der Waals surface area contributed by atoms with Crippen LogP contribution in [0.2, 0.25) is 0 Å². The third-order valence-corrected chi connectivity index (χ3v) is 3.18. The van der Waals surface area contributed by atoms with Gasteiger partial charge in [-0.25, -0.2) is 0 Å². The van der Waals surface area contributed by atoms with Gasteiger partial charge in [0, 0.05) is 25.4 Å². The van der Waals surface area contributed by atoms with Gasteiger partial charge < -0.3 is 5.73 Å². The fourth-order valence-corrected chi connectivity index (χ4v) is 2.36. The zero-order valence-electron chi connectivity index (χ0n) is 8.24. The van der Waals surface area contributed by atoms with Crippen molar-refractivity contribution in [2.24, 2.45) is 11.7 Å². The molecular weight excluding hydrogens is 180 g/mol. The summed E-state index contributed by atoms with van der Waals surface area (Å²) in [7, 11) is 0. The van der Waals surface area contributed by atoms with Crippen LogP contribution < -0.4 is 5.73 Å². The minimum atomic E-state index is -0.00419. The Labute approximate surface area is 83.4 Å². The minimum Gasteiger partial charge on any atom is -0.328 e. The van der Waals surface area contributed by atoms with Gasteiger partial charge in [-0.15, -0.1) is 0 Å². The minimum absolute atomic E-state index is 0.00419. The number of hydrogen-bond donors (Lipinski definition) is 1. The number of carbonyl (C=O) groups is 2. The van der Waals surface area contributed by atoms with Gasteiger partial charge in [-0.1, -0.05) is 0 Å². The first kappa shape index (κ1) is 9.65. The lowest BCUT2D eigenvalue weighted by atomic mass is 10.1. The van der Waals surface area contributed by atoms with Crippen LogP contribution >= 0.6 is 0 Å². The molecule has 0 bridgehead atoms. The van der Waals surface area contributed by atoms with Crippen molar-refractivity contribution in [3.63, 3.8) is 0 Å². The molecule has 78 valence electrons. The highest BCUT2D eigenvalue weighted by Crippen LogP contribution is 2.26. The Hall–Kier alpha value is -0.900. The zero-order chi connectivity index (χ0) is 10.1. The molecule has 1 aliphatic heterocycles. The summed E-state index contributed by atoms with van der Waals surface area (Å²) in [5.41, 5.74) is 5.78. The maximum atomic E-state index is 11.3. The van der Waals surface area contributed by atoms with Gasteiger partial charge in [0.1, 0.15) is 0 Å². The molecule has 0 spiro atoms. The number of likely N-dealkylation sites (tertiary alicyclic amines) is 1. The summed E-state index contributed by atoms with van der Waals surface area (Å²) >= 11 is 0. The summed E-state index contributed by atoms with van der Waals surface area (Å²) in [6.07, 6.45) is 3.84. The maximum Gasteiger partial charge on any atom is 0.229 e. The van der Waals surface area contributed by atoms with Crippen molar-refractivity contribution in [3.05, 3.63) is 0 Å². The fraction of sp³-hybridized carbons (Fsp3) is 0.800. The number of carbonyl (C=O) groups excluding carboxylic acids is 2. The molecule has 0 aromatic heterocycles. The highest BCUT2D eigenvalue weighted by atomic mass is 16.2. The molecule has 1 saturated carbocycles. The van der Waals surface area contributed by atoms with Crippen molar-refractivity contribution in [1.82, 2.24) is 4.90 Å². The zero-order valence-corrected chi connectivity index (χ0v) is 8.24. The predicted octanol–water partition coefficient (Wildman–Crippen LogP) is 0.263. The van der Waals surface area contributed by atoms with Crippen molar-refractivity contribution in [1.29, 1.82) is 0 Å². The summed E-state index contributed by atoms with van der Waals surface area (Å²) in [6, 6.07) is 0.271. The first-order chi connectivity index (χ1) is 6.66. The normalized spacial score (nSPS) is 33.1. The van der Waals surface area contributed by atoms with Crippen LogP contribution in [0.15, 0.2) is 0 Å². The third-order valence-electron chi connectivity index (χ3n) is 3.18. The van der Waals surface area contributed by atoms with Crippen LogP contribution in [0.3, 0.4) is 0 Å². The molecule has 0 aromatic rings. The lowest BCUT2D eigenvalue weighted by molar-refractivity contribution is -0.139. The van der Waals surface area contributed by atoms with Crippen molar-refractivity contribution in [2.75, 3.05) is 6.54 Å². The summed E-state index contributed by atoms with van der Waals surface area (Å²) in [6.45, 7) is 0.603. The van der Waals surface area contributed by atoms with E-state index >= 15 is 0 Å². The van der Waals surface area contributed by atoms with Gasteiger partial charge in [0.15, 0.2) is 0 Å². The molecular formula is C10H16N2O2. The standard InChI is InChI=1S/C10H16N2O2/c11-8-2-1-7(5-8)6-12-9(13)3-4-10(12)14/h7-8H,1-6,11H2. The summed E-state index contributed by atoms with van der Waals surface area (Å²) in [5, 5.41) is 0. The summed E-state index contributed by atoms with van der Waals surface area (Å²) in [4.78, 5) is 24.1. The second-order valence-corrected chi connectivity index (χ2v) is 4.34. The molecule has 0 aromatic carbocycles. The molecule has 2 atom stereocenters. The second-order valence-electron chi connectivity index (χ2n) is 4.34. The van der Waals surface area contributed by atoms with Crippen LogP contribution in [-0.2, 0) is 9.59 Å². The Bertz CT molecular complexity index is 249. The predicted molar refractivity (Wildman–Crippen MR) is 51.3 cm³/mol. The summed E-state index contributed by atoms with van der Waals surface area (Å²) in [5.74, 6) is 0.432. The number of imide groups is 1. The first-order valence-corrected chi connectivity index (χ1v) is 5.25. The molecule has 2 rings (SSSR count). The van der Waals surface area contributed by atoms with E-state index in [0.717, 1.165) is 19.3 Å². The van der Waals surface area contributed by atoms with Crippen molar-refractivity contribution >= 4 is 11.8 Å².